The molecule has 3 atom stereocenters. The average molecular weight is 323 g/mol. The minimum atomic E-state index is -0.708. The van der Waals surface area contributed by atoms with Gasteiger partial charge in [0.15, 0.2) is 5.79 Å². The van der Waals surface area contributed by atoms with Crippen LogP contribution in [0.25, 0.3) is 0 Å². The molecule has 128 valence electrons. The molecule has 0 saturated carbocycles. The molecule has 1 aliphatic rings. The van der Waals surface area contributed by atoms with Crippen molar-refractivity contribution >= 4 is 5.91 Å². The molecule has 0 radical (unpaired) electrons. The number of nitrogens with one attached hydrogen (secondary N) is 1. The molecule has 1 aromatic rings. The van der Waals surface area contributed by atoms with Gasteiger partial charge in [0, 0.05) is 6.92 Å². The van der Waals surface area contributed by atoms with Crippen LogP contribution in [0.2, 0.25) is 0 Å². The fourth-order valence-corrected chi connectivity index (χ4v) is 2.60. The molecule has 1 saturated heterocycles. The summed E-state index contributed by atoms with van der Waals surface area (Å²) >= 11 is 0. The molecule has 6 nitrogen and oxygen atoms in total. The molecule has 0 unspecified atom stereocenters. The summed E-state index contributed by atoms with van der Waals surface area (Å²) in [6.45, 7) is 5.52. The Morgan fingerprint density at radius 3 is 2.65 bits per heavy atom. The van der Waals surface area contributed by atoms with Crippen LogP contribution in [-0.4, -0.2) is 48.3 Å². The van der Waals surface area contributed by atoms with Crippen LogP contribution in [0.15, 0.2) is 30.3 Å². The van der Waals surface area contributed by atoms with Gasteiger partial charge in [0.1, 0.15) is 12.2 Å². The second kappa shape index (κ2) is 7.88. The lowest BCUT2D eigenvalue weighted by atomic mass is 10.1. The van der Waals surface area contributed by atoms with Crippen LogP contribution < -0.4 is 5.32 Å². The fraction of sp³-hybridized carbons (Fsp3) is 0.588. The van der Waals surface area contributed by atoms with Gasteiger partial charge in [-0.3, -0.25) is 4.79 Å². The van der Waals surface area contributed by atoms with Gasteiger partial charge in [-0.25, -0.2) is 0 Å². The summed E-state index contributed by atoms with van der Waals surface area (Å²) in [7, 11) is 0. The van der Waals surface area contributed by atoms with Gasteiger partial charge in [-0.1, -0.05) is 30.3 Å². The number of carbonyl (C=O) groups is 1. The van der Waals surface area contributed by atoms with Crippen LogP contribution in [0.1, 0.15) is 26.3 Å². The molecule has 1 amide bonds. The van der Waals surface area contributed by atoms with Gasteiger partial charge >= 0.3 is 0 Å². The van der Waals surface area contributed by atoms with Crippen LogP contribution >= 0.6 is 0 Å². The summed E-state index contributed by atoms with van der Waals surface area (Å²) in [4.78, 5) is 11.5. The zero-order valence-electron chi connectivity index (χ0n) is 13.8. The maximum absolute atomic E-state index is 11.5. The Morgan fingerprint density at radius 1 is 1.43 bits per heavy atom. The van der Waals surface area contributed by atoms with Crippen molar-refractivity contribution in [1.82, 2.24) is 5.32 Å². The van der Waals surface area contributed by atoms with Gasteiger partial charge in [0.25, 0.3) is 0 Å². The van der Waals surface area contributed by atoms with Gasteiger partial charge in [0.05, 0.1) is 25.9 Å². The number of ether oxygens (including phenoxy) is 3. The lowest BCUT2D eigenvalue weighted by Crippen LogP contribution is -2.53. The molecule has 6 heteroatoms. The zero-order chi connectivity index (χ0) is 16.9. The third-order valence-electron chi connectivity index (χ3n) is 3.69. The van der Waals surface area contributed by atoms with E-state index in [1.807, 2.05) is 44.2 Å². The Morgan fingerprint density at radius 2 is 2.13 bits per heavy atom. The lowest BCUT2D eigenvalue weighted by Gasteiger charge is -2.30. The van der Waals surface area contributed by atoms with Crippen molar-refractivity contribution in [3.63, 3.8) is 0 Å². The molecule has 1 fully saturated rings. The van der Waals surface area contributed by atoms with Crippen LogP contribution in [-0.2, 0) is 25.6 Å². The number of hydrogen-bond donors (Lipinski definition) is 2. The molecule has 23 heavy (non-hydrogen) atoms. The quantitative estimate of drug-likeness (QED) is 0.789. The van der Waals surface area contributed by atoms with Crippen molar-refractivity contribution in [3.05, 3.63) is 35.9 Å². The minimum absolute atomic E-state index is 0.204. The largest absolute Gasteiger partial charge is 0.394 e. The summed E-state index contributed by atoms with van der Waals surface area (Å²) in [5.41, 5.74) is 0.997. The number of benzene rings is 1. The Kier molecular flexibility index (Phi) is 6.12. The summed E-state index contributed by atoms with van der Waals surface area (Å²) in [6, 6.07) is 9.19. The first-order valence-corrected chi connectivity index (χ1v) is 7.76. The SMILES string of the molecule is CC(=O)N[C@H]([C@H](CO)OCc1ccccc1)[C@H]1COC(C)(C)O1. The van der Waals surface area contributed by atoms with E-state index in [0.29, 0.717) is 13.2 Å². The van der Waals surface area contributed by atoms with Crippen molar-refractivity contribution in [2.75, 3.05) is 13.2 Å². The molecule has 0 aliphatic carbocycles. The second-order valence-electron chi connectivity index (χ2n) is 6.11. The van der Waals surface area contributed by atoms with E-state index < -0.39 is 17.9 Å². The molecule has 0 bridgehead atoms. The van der Waals surface area contributed by atoms with Gasteiger partial charge in [-0.05, 0) is 19.4 Å². The van der Waals surface area contributed by atoms with Crippen molar-refractivity contribution in [2.24, 2.45) is 0 Å². The van der Waals surface area contributed by atoms with Crippen LogP contribution in [0.3, 0.4) is 0 Å². The number of rotatable bonds is 7. The predicted molar refractivity (Wildman–Crippen MR) is 84.6 cm³/mol. The molecule has 0 spiro atoms. The van der Waals surface area contributed by atoms with Gasteiger partial charge in [-0.2, -0.15) is 0 Å². The molecule has 1 heterocycles. The van der Waals surface area contributed by atoms with Crippen LogP contribution in [0.5, 0.6) is 0 Å². The highest BCUT2D eigenvalue weighted by Crippen LogP contribution is 2.26. The van der Waals surface area contributed by atoms with E-state index in [0.717, 1.165) is 5.56 Å². The van der Waals surface area contributed by atoms with Crippen molar-refractivity contribution in [1.29, 1.82) is 0 Å². The maximum atomic E-state index is 11.5. The van der Waals surface area contributed by atoms with E-state index in [9.17, 15) is 9.90 Å². The van der Waals surface area contributed by atoms with Crippen LogP contribution in [0, 0.1) is 0 Å². The van der Waals surface area contributed by atoms with E-state index in [1.54, 1.807) is 0 Å². The summed E-state index contributed by atoms with van der Waals surface area (Å²) in [6.07, 6.45) is -0.955. The predicted octanol–water partition coefficient (Wildman–Crippen LogP) is 1.22. The van der Waals surface area contributed by atoms with Gasteiger partial charge in [-0.15, -0.1) is 0 Å². The van der Waals surface area contributed by atoms with Crippen LogP contribution in [0.4, 0.5) is 0 Å². The lowest BCUT2D eigenvalue weighted by molar-refractivity contribution is -0.152. The molecular formula is C17H25NO5. The minimum Gasteiger partial charge on any atom is -0.394 e. The van der Waals surface area contributed by atoms with Crippen molar-refractivity contribution in [2.45, 2.75) is 51.4 Å². The fourth-order valence-electron chi connectivity index (χ4n) is 2.60. The van der Waals surface area contributed by atoms with Gasteiger partial charge < -0.3 is 24.6 Å². The first-order chi connectivity index (χ1) is 10.9. The standard InChI is InChI=1S/C17H25NO5/c1-12(20)18-16(15-11-22-17(2,3)23-15)14(9-19)21-10-13-7-5-4-6-8-13/h4-8,14-16,19H,9-11H2,1-3H3,(H,18,20)/t14-,15+,16+/m0/s1. The van der Waals surface area contributed by atoms with E-state index in [1.165, 1.54) is 6.92 Å². The monoisotopic (exact) mass is 323 g/mol. The Hall–Kier alpha value is -1.47. The number of aliphatic hydroxyl groups is 1. The number of carbonyl (C=O) groups excluding carboxylic acids is 1. The first-order valence-electron chi connectivity index (χ1n) is 7.76. The zero-order valence-corrected chi connectivity index (χ0v) is 13.8. The van der Waals surface area contributed by atoms with E-state index in [4.69, 9.17) is 14.2 Å². The Bertz CT molecular complexity index is 505. The molecule has 1 aliphatic heterocycles. The molecule has 2 rings (SSSR count). The van der Waals surface area contributed by atoms with E-state index >= 15 is 0 Å². The number of amides is 1. The summed E-state index contributed by atoms with van der Waals surface area (Å²) < 4.78 is 17.2. The maximum Gasteiger partial charge on any atom is 0.217 e. The Balaban J connectivity index is 2.04. The van der Waals surface area contributed by atoms with E-state index in [-0.39, 0.29) is 18.6 Å². The highest BCUT2D eigenvalue weighted by atomic mass is 16.7. The molecule has 1 aromatic carbocycles. The third kappa shape index (κ3) is 5.28. The van der Waals surface area contributed by atoms with Crippen molar-refractivity contribution in [3.8, 4) is 0 Å². The smallest absolute Gasteiger partial charge is 0.217 e. The average Bonchev–Trinajstić information content (AvgIpc) is 2.87. The van der Waals surface area contributed by atoms with Gasteiger partial charge in [0.2, 0.25) is 5.91 Å². The highest BCUT2D eigenvalue weighted by Gasteiger charge is 2.41. The van der Waals surface area contributed by atoms with Crippen molar-refractivity contribution < 1.29 is 24.1 Å². The highest BCUT2D eigenvalue weighted by molar-refractivity contribution is 5.73. The Labute approximate surface area is 136 Å². The molecular weight excluding hydrogens is 298 g/mol. The molecule has 2 N–H and O–H groups in total. The topological polar surface area (TPSA) is 77.0 Å². The normalized spacial score (nSPS) is 22.5. The second-order valence-corrected chi connectivity index (χ2v) is 6.11. The summed E-state index contributed by atoms with van der Waals surface area (Å²) in [5.74, 6) is -0.911. The van der Waals surface area contributed by atoms with E-state index in [2.05, 4.69) is 5.32 Å². The number of aliphatic hydroxyl groups excluding tert-OH is 1. The summed E-state index contributed by atoms with van der Waals surface area (Å²) in [5, 5.41) is 12.5. The molecule has 0 aromatic heterocycles. The first kappa shape index (κ1) is 17.9. The number of hydrogen-bond acceptors (Lipinski definition) is 5. The third-order valence-corrected chi connectivity index (χ3v) is 3.69.